The van der Waals surface area contributed by atoms with E-state index in [4.69, 9.17) is 9.84 Å². The molecule has 0 spiro atoms. The van der Waals surface area contributed by atoms with E-state index in [2.05, 4.69) is 4.72 Å². The Bertz CT molecular complexity index is 626. The van der Waals surface area contributed by atoms with Gasteiger partial charge in [-0.1, -0.05) is 12.1 Å². The number of rotatable bonds is 4. The molecular formula is C13H17NO5S. The molecule has 2 unspecified atom stereocenters. The van der Waals surface area contributed by atoms with E-state index in [9.17, 15) is 13.2 Å². The van der Waals surface area contributed by atoms with Crippen LogP contribution in [0.2, 0.25) is 0 Å². The van der Waals surface area contributed by atoms with E-state index in [1.54, 1.807) is 26.0 Å². The molecule has 1 aromatic carbocycles. The zero-order valence-electron chi connectivity index (χ0n) is 11.3. The predicted molar refractivity (Wildman–Crippen MR) is 72.0 cm³/mol. The van der Waals surface area contributed by atoms with Crippen molar-refractivity contribution in [2.75, 3.05) is 13.2 Å². The number of benzene rings is 1. The first-order valence-electron chi connectivity index (χ1n) is 6.21. The van der Waals surface area contributed by atoms with Crippen LogP contribution in [0.25, 0.3) is 0 Å². The average Bonchev–Trinajstić information content (AvgIpc) is 2.79. The van der Waals surface area contributed by atoms with Crippen LogP contribution in [0, 0.1) is 19.8 Å². The molecule has 1 fully saturated rings. The Kier molecular flexibility index (Phi) is 4.12. The average molecular weight is 299 g/mol. The second kappa shape index (κ2) is 5.51. The molecule has 7 heteroatoms. The normalized spacial score (nSPS) is 22.9. The molecule has 2 rings (SSSR count). The summed E-state index contributed by atoms with van der Waals surface area (Å²) >= 11 is 0. The lowest BCUT2D eigenvalue weighted by Crippen LogP contribution is -2.42. The van der Waals surface area contributed by atoms with Crippen LogP contribution in [0.3, 0.4) is 0 Å². The van der Waals surface area contributed by atoms with Crippen molar-refractivity contribution in [2.24, 2.45) is 5.92 Å². The van der Waals surface area contributed by atoms with Crippen molar-refractivity contribution in [2.45, 2.75) is 24.8 Å². The van der Waals surface area contributed by atoms with Gasteiger partial charge in [0, 0.05) is 0 Å². The van der Waals surface area contributed by atoms with Crippen LogP contribution < -0.4 is 4.72 Å². The Hall–Kier alpha value is -1.44. The highest BCUT2D eigenvalue weighted by atomic mass is 32.2. The van der Waals surface area contributed by atoms with Gasteiger partial charge in [-0.3, -0.25) is 4.79 Å². The molecule has 6 nitrogen and oxygen atoms in total. The van der Waals surface area contributed by atoms with E-state index >= 15 is 0 Å². The zero-order valence-corrected chi connectivity index (χ0v) is 12.1. The van der Waals surface area contributed by atoms with Crippen molar-refractivity contribution in [3.8, 4) is 0 Å². The van der Waals surface area contributed by atoms with Crippen LogP contribution in [-0.2, 0) is 19.6 Å². The minimum atomic E-state index is -3.76. The molecule has 0 saturated carbocycles. The number of ether oxygens (including phenoxy) is 1. The number of carbonyl (C=O) groups is 1. The number of nitrogens with one attached hydrogen (secondary N) is 1. The fourth-order valence-corrected chi connectivity index (χ4v) is 3.76. The first-order chi connectivity index (χ1) is 9.31. The Labute approximate surface area is 117 Å². The first-order valence-corrected chi connectivity index (χ1v) is 7.70. The third-order valence-corrected chi connectivity index (χ3v) is 4.97. The van der Waals surface area contributed by atoms with Crippen LogP contribution in [0.1, 0.15) is 11.1 Å². The monoisotopic (exact) mass is 299 g/mol. The topological polar surface area (TPSA) is 92.7 Å². The van der Waals surface area contributed by atoms with Gasteiger partial charge in [0.25, 0.3) is 0 Å². The van der Waals surface area contributed by atoms with Gasteiger partial charge < -0.3 is 9.84 Å². The number of hydrogen-bond acceptors (Lipinski definition) is 4. The third-order valence-electron chi connectivity index (χ3n) is 3.34. The summed E-state index contributed by atoms with van der Waals surface area (Å²) in [6.07, 6.45) is 0. The van der Waals surface area contributed by atoms with Crippen molar-refractivity contribution in [1.82, 2.24) is 4.72 Å². The predicted octanol–water partition coefficient (Wildman–Crippen LogP) is 0.681. The van der Waals surface area contributed by atoms with E-state index in [0.29, 0.717) is 5.56 Å². The second-order valence-electron chi connectivity index (χ2n) is 4.98. The summed E-state index contributed by atoms with van der Waals surface area (Å²) in [4.78, 5) is 11.2. The molecule has 0 bridgehead atoms. The summed E-state index contributed by atoms with van der Waals surface area (Å²) in [6.45, 7) is 3.60. The summed E-state index contributed by atoms with van der Waals surface area (Å²) in [5, 5.41) is 9.03. The summed E-state index contributed by atoms with van der Waals surface area (Å²) in [5.74, 6) is -1.91. The van der Waals surface area contributed by atoms with Gasteiger partial charge in [-0.2, -0.15) is 0 Å². The summed E-state index contributed by atoms with van der Waals surface area (Å²) in [7, 11) is -3.76. The summed E-state index contributed by atoms with van der Waals surface area (Å²) in [6, 6.07) is 4.39. The number of aliphatic carboxylic acids is 1. The van der Waals surface area contributed by atoms with Crippen LogP contribution in [0.5, 0.6) is 0 Å². The van der Waals surface area contributed by atoms with Gasteiger partial charge in [0.15, 0.2) is 0 Å². The molecule has 0 radical (unpaired) electrons. The lowest BCUT2D eigenvalue weighted by Gasteiger charge is -2.17. The van der Waals surface area contributed by atoms with E-state index in [1.807, 2.05) is 6.07 Å². The summed E-state index contributed by atoms with van der Waals surface area (Å²) < 4.78 is 32.2. The minimum absolute atomic E-state index is 0.0231. The van der Waals surface area contributed by atoms with Gasteiger partial charge in [0.05, 0.1) is 30.1 Å². The first kappa shape index (κ1) is 15.0. The lowest BCUT2D eigenvalue weighted by atomic mass is 10.1. The van der Waals surface area contributed by atoms with Gasteiger partial charge in [0.2, 0.25) is 10.0 Å². The number of carboxylic acid groups (broad SMARTS) is 1. The third kappa shape index (κ3) is 3.00. The Balaban J connectivity index is 2.27. The molecule has 20 heavy (non-hydrogen) atoms. The lowest BCUT2D eigenvalue weighted by molar-refractivity contribution is -0.142. The number of sulfonamides is 1. The molecule has 110 valence electrons. The maximum atomic E-state index is 12.4. The van der Waals surface area contributed by atoms with Gasteiger partial charge >= 0.3 is 5.97 Å². The maximum Gasteiger partial charge on any atom is 0.310 e. The number of aryl methyl sites for hydroxylation is 2. The zero-order chi connectivity index (χ0) is 14.9. The molecule has 2 N–H and O–H groups in total. The van der Waals surface area contributed by atoms with Gasteiger partial charge in [-0.05, 0) is 31.0 Å². The molecule has 1 saturated heterocycles. The van der Waals surface area contributed by atoms with E-state index in [0.717, 1.165) is 5.56 Å². The Morgan fingerprint density at radius 2 is 2.05 bits per heavy atom. The number of hydrogen-bond donors (Lipinski definition) is 2. The van der Waals surface area contributed by atoms with E-state index in [1.165, 1.54) is 0 Å². The molecule has 1 heterocycles. The van der Waals surface area contributed by atoms with Crippen molar-refractivity contribution >= 4 is 16.0 Å². The van der Waals surface area contributed by atoms with E-state index < -0.39 is 28.0 Å². The van der Waals surface area contributed by atoms with Crippen molar-refractivity contribution in [3.05, 3.63) is 29.3 Å². The Morgan fingerprint density at radius 1 is 1.35 bits per heavy atom. The standard InChI is InChI=1S/C13H17NO5S/c1-8-3-4-9(2)12(5-8)20(17,18)14-11-7-19-6-10(11)13(15)16/h3-5,10-11,14H,6-7H2,1-2H3,(H,15,16). The van der Waals surface area contributed by atoms with Gasteiger partial charge in [0.1, 0.15) is 0 Å². The molecule has 0 aromatic heterocycles. The molecule has 0 amide bonds. The highest BCUT2D eigenvalue weighted by Crippen LogP contribution is 2.20. The molecule has 0 aliphatic carbocycles. The van der Waals surface area contributed by atoms with Crippen LogP contribution in [0.4, 0.5) is 0 Å². The SMILES string of the molecule is Cc1ccc(C)c(S(=O)(=O)NC2COCC2C(=O)O)c1. The molecule has 2 atom stereocenters. The maximum absolute atomic E-state index is 12.4. The van der Waals surface area contributed by atoms with Gasteiger partial charge in [-0.15, -0.1) is 0 Å². The number of carboxylic acids is 1. The quantitative estimate of drug-likeness (QED) is 0.853. The molecule has 1 aliphatic rings. The minimum Gasteiger partial charge on any atom is -0.481 e. The van der Waals surface area contributed by atoms with Crippen molar-refractivity contribution in [1.29, 1.82) is 0 Å². The van der Waals surface area contributed by atoms with Crippen LogP contribution in [-0.4, -0.2) is 38.7 Å². The van der Waals surface area contributed by atoms with Crippen molar-refractivity contribution in [3.63, 3.8) is 0 Å². The van der Waals surface area contributed by atoms with E-state index in [-0.39, 0.29) is 18.1 Å². The summed E-state index contributed by atoms with van der Waals surface area (Å²) in [5.41, 5.74) is 1.45. The molecular weight excluding hydrogens is 282 g/mol. The van der Waals surface area contributed by atoms with Crippen LogP contribution >= 0.6 is 0 Å². The van der Waals surface area contributed by atoms with Crippen LogP contribution in [0.15, 0.2) is 23.1 Å². The largest absolute Gasteiger partial charge is 0.481 e. The smallest absolute Gasteiger partial charge is 0.310 e. The highest BCUT2D eigenvalue weighted by molar-refractivity contribution is 7.89. The fraction of sp³-hybridized carbons (Fsp3) is 0.462. The Morgan fingerprint density at radius 3 is 2.70 bits per heavy atom. The second-order valence-corrected chi connectivity index (χ2v) is 6.66. The molecule has 1 aromatic rings. The molecule has 1 aliphatic heterocycles. The fourth-order valence-electron chi connectivity index (χ4n) is 2.17. The van der Waals surface area contributed by atoms with Gasteiger partial charge in [-0.25, -0.2) is 13.1 Å². The highest BCUT2D eigenvalue weighted by Gasteiger charge is 2.37. The van der Waals surface area contributed by atoms with Crippen molar-refractivity contribution < 1.29 is 23.1 Å².